The molecule has 0 fully saturated rings. The Morgan fingerprint density at radius 3 is 2.73 bits per heavy atom. The summed E-state index contributed by atoms with van der Waals surface area (Å²) >= 11 is 5.81. The van der Waals surface area contributed by atoms with Crippen molar-refractivity contribution in [2.75, 3.05) is 7.11 Å². The summed E-state index contributed by atoms with van der Waals surface area (Å²) < 4.78 is 10.6. The van der Waals surface area contributed by atoms with Crippen molar-refractivity contribution in [3.05, 3.63) is 59.3 Å². The van der Waals surface area contributed by atoms with E-state index in [-0.39, 0.29) is 5.76 Å². The molecule has 0 unspecified atom stereocenters. The van der Waals surface area contributed by atoms with Crippen LogP contribution >= 0.6 is 11.6 Å². The maximum absolute atomic E-state index is 10.0. The van der Waals surface area contributed by atoms with Gasteiger partial charge in [-0.25, -0.2) is 0 Å². The molecule has 0 saturated heterocycles. The summed E-state index contributed by atoms with van der Waals surface area (Å²) in [7, 11) is 1.59. The summed E-state index contributed by atoms with van der Waals surface area (Å²) in [5, 5.41) is 18.3. The number of hydrogen-bond acceptors (Lipinski definition) is 4. The van der Waals surface area contributed by atoms with Gasteiger partial charge in [0.25, 0.3) is 0 Å². The SMILES string of the molecule is COc1ccc2[nH]nc(O/C=C(\O)c3ccc(Cl)cc3)c2c1. The van der Waals surface area contributed by atoms with Crippen LogP contribution in [0.4, 0.5) is 0 Å². The van der Waals surface area contributed by atoms with Crippen LogP contribution in [0.2, 0.25) is 5.02 Å². The van der Waals surface area contributed by atoms with Gasteiger partial charge in [0, 0.05) is 10.6 Å². The van der Waals surface area contributed by atoms with E-state index in [1.807, 2.05) is 12.1 Å². The average molecular weight is 317 g/mol. The Bertz CT molecular complexity index is 825. The predicted molar refractivity (Wildman–Crippen MR) is 85.3 cm³/mol. The molecule has 0 radical (unpaired) electrons. The molecule has 2 aromatic carbocycles. The van der Waals surface area contributed by atoms with Gasteiger partial charge in [-0.05, 0) is 42.5 Å². The topological polar surface area (TPSA) is 67.4 Å². The first-order valence-corrected chi connectivity index (χ1v) is 6.89. The fourth-order valence-corrected chi connectivity index (χ4v) is 2.11. The summed E-state index contributed by atoms with van der Waals surface area (Å²) in [5.74, 6) is 1.04. The van der Waals surface area contributed by atoms with E-state index in [0.717, 1.165) is 10.9 Å². The van der Waals surface area contributed by atoms with E-state index in [9.17, 15) is 5.11 Å². The molecule has 3 rings (SSSR count). The molecule has 3 aromatic rings. The van der Waals surface area contributed by atoms with Gasteiger partial charge >= 0.3 is 0 Å². The molecule has 0 bridgehead atoms. The van der Waals surface area contributed by atoms with Crippen molar-refractivity contribution in [3.8, 4) is 11.6 Å². The van der Waals surface area contributed by atoms with Crippen LogP contribution in [-0.4, -0.2) is 22.4 Å². The number of ether oxygens (including phenoxy) is 2. The molecule has 22 heavy (non-hydrogen) atoms. The van der Waals surface area contributed by atoms with Gasteiger partial charge in [0.05, 0.1) is 18.0 Å². The molecule has 5 nitrogen and oxygen atoms in total. The van der Waals surface area contributed by atoms with Crippen molar-refractivity contribution in [3.63, 3.8) is 0 Å². The summed E-state index contributed by atoms with van der Waals surface area (Å²) in [6, 6.07) is 12.3. The Kier molecular flexibility index (Phi) is 3.89. The highest BCUT2D eigenvalue weighted by atomic mass is 35.5. The first-order chi connectivity index (χ1) is 10.7. The van der Waals surface area contributed by atoms with Gasteiger partial charge in [-0.1, -0.05) is 11.6 Å². The first kappa shape index (κ1) is 14.3. The summed E-state index contributed by atoms with van der Waals surface area (Å²) in [6.45, 7) is 0. The normalized spacial score (nSPS) is 11.6. The molecular formula is C16H13ClN2O3. The standard InChI is InChI=1S/C16H13ClN2O3/c1-21-12-6-7-14-13(8-12)16(19-18-14)22-9-15(20)10-2-4-11(17)5-3-10/h2-9,20H,1H3,(H,18,19)/b15-9-. The first-order valence-electron chi connectivity index (χ1n) is 6.51. The van der Waals surface area contributed by atoms with E-state index in [4.69, 9.17) is 21.1 Å². The fourth-order valence-electron chi connectivity index (χ4n) is 1.99. The van der Waals surface area contributed by atoms with Gasteiger partial charge in [-0.15, -0.1) is 5.10 Å². The third kappa shape index (κ3) is 2.84. The second kappa shape index (κ2) is 5.99. The highest BCUT2D eigenvalue weighted by Crippen LogP contribution is 2.27. The maximum atomic E-state index is 10.0. The van der Waals surface area contributed by atoms with Crippen LogP contribution < -0.4 is 9.47 Å². The van der Waals surface area contributed by atoms with E-state index in [2.05, 4.69) is 10.2 Å². The van der Waals surface area contributed by atoms with Gasteiger partial charge in [0.2, 0.25) is 5.88 Å². The summed E-state index contributed by atoms with van der Waals surface area (Å²) in [5.41, 5.74) is 1.41. The van der Waals surface area contributed by atoms with E-state index < -0.39 is 0 Å². The van der Waals surface area contributed by atoms with Crippen LogP contribution in [0.3, 0.4) is 0 Å². The average Bonchev–Trinajstić information content (AvgIpc) is 2.95. The zero-order valence-corrected chi connectivity index (χ0v) is 12.5. The van der Waals surface area contributed by atoms with Crippen LogP contribution in [0.25, 0.3) is 16.7 Å². The van der Waals surface area contributed by atoms with Gasteiger partial charge in [0.1, 0.15) is 12.0 Å². The minimum absolute atomic E-state index is 0.0179. The second-order valence-electron chi connectivity index (χ2n) is 4.57. The number of nitrogens with zero attached hydrogens (tertiary/aromatic N) is 1. The Balaban J connectivity index is 1.86. The number of fused-ring (bicyclic) bond motifs is 1. The number of H-pyrrole nitrogens is 1. The van der Waals surface area contributed by atoms with Crippen molar-refractivity contribution < 1.29 is 14.6 Å². The van der Waals surface area contributed by atoms with Gasteiger partial charge in [-0.3, -0.25) is 5.10 Å². The Labute approximate surface area is 131 Å². The fraction of sp³-hybridized carbons (Fsp3) is 0.0625. The quantitative estimate of drug-likeness (QED) is 0.709. The second-order valence-corrected chi connectivity index (χ2v) is 5.00. The number of halogens is 1. The van der Waals surface area contributed by atoms with Crippen LogP contribution in [0.15, 0.2) is 48.7 Å². The van der Waals surface area contributed by atoms with E-state index >= 15 is 0 Å². The lowest BCUT2D eigenvalue weighted by Gasteiger charge is -2.02. The predicted octanol–water partition coefficient (Wildman–Crippen LogP) is 4.16. The van der Waals surface area contributed by atoms with Crippen molar-refractivity contribution in [2.24, 2.45) is 0 Å². The van der Waals surface area contributed by atoms with E-state index in [1.54, 1.807) is 37.4 Å². The summed E-state index contributed by atoms with van der Waals surface area (Å²) in [4.78, 5) is 0. The molecule has 0 spiro atoms. The Morgan fingerprint density at radius 1 is 1.23 bits per heavy atom. The van der Waals surface area contributed by atoms with Gasteiger partial charge in [0.15, 0.2) is 5.76 Å². The number of hydrogen-bond donors (Lipinski definition) is 2. The third-order valence-corrected chi connectivity index (χ3v) is 3.41. The number of aromatic nitrogens is 2. The highest BCUT2D eigenvalue weighted by Gasteiger charge is 2.08. The molecule has 0 atom stereocenters. The lowest BCUT2D eigenvalue weighted by Crippen LogP contribution is -1.89. The molecule has 6 heteroatoms. The van der Waals surface area contributed by atoms with Crippen LogP contribution in [0.5, 0.6) is 11.6 Å². The molecule has 0 aliphatic carbocycles. The largest absolute Gasteiger partial charge is 0.504 e. The van der Waals surface area contributed by atoms with Crippen molar-refractivity contribution in [1.82, 2.24) is 10.2 Å². The number of rotatable bonds is 4. The van der Waals surface area contributed by atoms with E-state index in [0.29, 0.717) is 22.2 Å². The number of aliphatic hydroxyl groups excluding tert-OH is 1. The minimum atomic E-state index is -0.0179. The van der Waals surface area contributed by atoms with Gasteiger partial charge in [-0.2, -0.15) is 0 Å². The molecular weight excluding hydrogens is 304 g/mol. The Hall–Kier alpha value is -2.66. The number of methoxy groups -OCH3 is 1. The zero-order valence-electron chi connectivity index (χ0n) is 11.7. The van der Waals surface area contributed by atoms with Crippen molar-refractivity contribution in [2.45, 2.75) is 0 Å². The van der Waals surface area contributed by atoms with Crippen molar-refractivity contribution >= 4 is 28.3 Å². The molecule has 0 saturated carbocycles. The smallest absolute Gasteiger partial charge is 0.245 e. The maximum Gasteiger partial charge on any atom is 0.245 e. The van der Waals surface area contributed by atoms with Crippen LogP contribution in [-0.2, 0) is 0 Å². The highest BCUT2D eigenvalue weighted by molar-refractivity contribution is 6.30. The number of benzene rings is 2. The monoisotopic (exact) mass is 316 g/mol. The molecule has 1 aromatic heterocycles. The number of aromatic amines is 1. The molecule has 0 aliphatic rings. The lowest BCUT2D eigenvalue weighted by atomic mass is 10.2. The Morgan fingerprint density at radius 2 is 2.00 bits per heavy atom. The molecule has 112 valence electrons. The van der Waals surface area contributed by atoms with Crippen molar-refractivity contribution in [1.29, 1.82) is 0 Å². The molecule has 0 amide bonds. The molecule has 1 heterocycles. The minimum Gasteiger partial charge on any atom is -0.504 e. The third-order valence-electron chi connectivity index (χ3n) is 3.16. The summed E-state index contributed by atoms with van der Waals surface area (Å²) in [6.07, 6.45) is 1.23. The lowest BCUT2D eigenvalue weighted by molar-refractivity contribution is 0.414. The number of aliphatic hydroxyl groups is 1. The van der Waals surface area contributed by atoms with E-state index in [1.165, 1.54) is 6.26 Å². The number of nitrogens with one attached hydrogen (secondary N) is 1. The molecule has 0 aliphatic heterocycles. The van der Waals surface area contributed by atoms with Crippen LogP contribution in [0, 0.1) is 0 Å². The van der Waals surface area contributed by atoms with Gasteiger partial charge < -0.3 is 14.6 Å². The molecule has 2 N–H and O–H groups in total. The zero-order chi connectivity index (χ0) is 15.5. The van der Waals surface area contributed by atoms with Crippen LogP contribution in [0.1, 0.15) is 5.56 Å².